The standard InChI is InChI=1S/C9H17NO3S/c1-4-6(2)13-9(12)8(5-14)10-7(3)11/h6,8,14H,4-5H2,1-3H3,(H,10,11). The summed E-state index contributed by atoms with van der Waals surface area (Å²) in [5.41, 5.74) is 0. The molecule has 0 aliphatic heterocycles. The lowest BCUT2D eigenvalue weighted by atomic mass is 10.3. The zero-order chi connectivity index (χ0) is 11.1. The molecule has 0 aromatic rings. The fourth-order valence-electron chi connectivity index (χ4n) is 0.788. The van der Waals surface area contributed by atoms with Crippen LogP contribution >= 0.6 is 12.6 Å². The van der Waals surface area contributed by atoms with E-state index in [1.165, 1.54) is 6.92 Å². The number of hydrogen-bond acceptors (Lipinski definition) is 4. The Balaban J connectivity index is 4.10. The maximum absolute atomic E-state index is 11.4. The van der Waals surface area contributed by atoms with Gasteiger partial charge in [-0.05, 0) is 13.3 Å². The SMILES string of the molecule is CCC(C)OC(=O)C(CS)NC(C)=O. The van der Waals surface area contributed by atoms with Gasteiger partial charge in [-0.2, -0.15) is 12.6 Å². The molecule has 0 saturated heterocycles. The quantitative estimate of drug-likeness (QED) is 0.530. The van der Waals surface area contributed by atoms with Gasteiger partial charge in [-0.25, -0.2) is 4.79 Å². The minimum Gasteiger partial charge on any atom is -0.461 e. The second kappa shape index (κ2) is 6.70. The van der Waals surface area contributed by atoms with Crippen LogP contribution in [0.2, 0.25) is 0 Å². The molecule has 1 N–H and O–H groups in total. The lowest BCUT2D eigenvalue weighted by molar-refractivity contribution is -0.151. The molecule has 14 heavy (non-hydrogen) atoms. The van der Waals surface area contributed by atoms with Gasteiger partial charge in [-0.15, -0.1) is 0 Å². The Morgan fingerprint density at radius 3 is 2.43 bits per heavy atom. The predicted octanol–water partition coefficient (Wildman–Crippen LogP) is 0.763. The van der Waals surface area contributed by atoms with Crippen LogP contribution in [0.25, 0.3) is 0 Å². The van der Waals surface area contributed by atoms with E-state index >= 15 is 0 Å². The molecule has 0 bridgehead atoms. The molecule has 0 saturated carbocycles. The van der Waals surface area contributed by atoms with Gasteiger partial charge in [0.2, 0.25) is 5.91 Å². The molecule has 0 fully saturated rings. The third kappa shape index (κ3) is 5.11. The Morgan fingerprint density at radius 1 is 1.50 bits per heavy atom. The second-order valence-electron chi connectivity index (χ2n) is 3.09. The largest absolute Gasteiger partial charge is 0.461 e. The highest BCUT2D eigenvalue weighted by molar-refractivity contribution is 7.80. The molecule has 4 nitrogen and oxygen atoms in total. The number of amides is 1. The van der Waals surface area contributed by atoms with E-state index in [1.807, 2.05) is 6.92 Å². The minimum absolute atomic E-state index is 0.126. The summed E-state index contributed by atoms with van der Waals surface area (Å²) in [6.07, 6.45) is 0.629. The van der Waals surface area contributed by atoms with Crippen molar-refractivity contribution in [1.29, 1.82) is 0 Å². The van der Waals surface area contributed by atoms with Gasteiger partial charge >= 0.3 is 5.97 Å². The Hall–Kier alpha value is -0.710. The molecule has 0 aromatic carbocycles. The third-order valence-electron chi connectivity index (χ3n) is 1.74. The van der Waals surface area contributed by atoms with Crippen molar-refractivity contribution in [1.82, 2.24) is 5.32 Å². The number of thiol groups is 1. The summed E-state index contributed by atoms with van der Waals surface area (Å²) in [5.74, 6) is -0.441. The van der Waals surface area contributed by atoms with Crippen molar-refractivity contribution in [2.45, 2.75) is 39.3 Å². The molecule has 0 aliphatic carbocycles. The van der Waals surface area contributed by atoms with Crippen molar-refractivity contribution < 1.29 is 14.3 Å². The van der Waals surface area contributed by atoms with Crippen LogP contribution in [-0.2, 0) is 14.3 Å². The van der Waals surface area contributed by atoms with Crippen molar-refractivity contribution >= 4 is 24.5 Å². The van der Waals surface area contributed by atoms with Crippen LogP contribution in [0.15, 0.2) is 0 Å². The summed E-state index contributed by atoms with van der Waals surface area (Å²) in [6, 6.07) is -0.648. The lowest BCUT2D eigenvalue weighted by Gasteiger charge is -2.17. The summed E-state index contributed by atoms with van der Waals surface area (Å²) < 4.78 is 5.05. The van der Waals surface area contributed by atoms with Crippen molar-refractivity contribution in [2.75, 3.05) is 5.75 Å². The third-order valence-corrected chi connectivity index (χ3v) is 2.10. The van der Waals surface area contributed by atoms with Crippen molar-refractivity contribution in [3.05, 3.63) is 0 Å². The van der Waals surface area contributed by atoms with Crippen molar-refractivity contribution in [2.24, 2.45) is 0 Å². The molecule has 0 spiro atoms. The van der Waals surface area contributed by atoms with E-state index in [0.717, 1.165) is 6.42 Å². The topological polar surface area (TPSA) is 55.4 Å². The first kappa shape index (κ1) is 13.3. The molecule has 0 heterocycles. The minimum atomic E-state index is -0.648. The zero-order valence-corrected chi connectivity index (χ0v) is 9.64. The number of esters is 1. The predicted molar refractivity (Wildman–Crippen MR) is 57.3 cm³/mol. The van der Waals surface area contributed by atoms with E-state index in [1.54, 1.807) is 6.92 Å². The zero-order valence-electron chi connectivity index (χ0n) is 8.74. The smallest absolute Gasteiger partial charge is 0.329 e. The normalized spacial score (nSPS) is 14.3. The van der Waals surface area contributed by atoms with Gasteiger partial charge in [0.1, 0.15) is 6.04 Å². The molecule has 0 radical (unpaired) electrons. The molecule has 2 atom stereocenters. The van der Waals surface area contributed by atoms with Gasteiger partial charge in [0.05, 0.1) is 6.10 Å². The highest BCUT2D eigenvalue weighted by atomic mass is 32.1. The monoisotopic (exact) mass is 219 g/mol. The van der Waals surface area contributed by atoms with Gasteiger partial charge in [0.15, 0.2) is 0 Å². The number of ether oxygens (including phenoxy) is 1. The lowest BCUT2D eigenvalue weighted by Crippen LogP contribution is -2.43. The molecule has 2 unspecified atom stereocenters. The van der Waals surface area contributed by atoms with Crippen LogP contribution in [0.4, 0.5) is 0 Å². The molecular weight excluding hydrogens is 202 g/mol. The Labute approximate surface area is 89.8 Å². The van der Waals surface area contributed by atoms with Crippen LogP contribution in [-0.4, -0.2) is 29.8 Å². The maximum atomic E-state index is 11.4. The van der Waals surface area contributed by atoms with E-state index < -0.39 is 12.0 Å². The Bertz CT molecular complexity index is 208. The summed E-state index contributed by atoms with van der Waals surface area (Å²) in [5, 5.41) is 2.47. The summed E-state index contributed by atoms with van der Waals surface area (Å²) in [6.45, 7) is 5.08. The second-order valence-corrected chi connectivity index (χ2v) is 3.46. The average Bonchev–Trinajstić information content (AvgIpc) is 2.13. The van der Waals surface area contributed by atoms with E-state index in [2.05, 4.69) is 17.9 Å². The van der Waals surface area contributed by atoms with Gasteiger partial charge in [-0.3, -0.25) is 4.79 Å². The van der Waals surface area contributed by atoms with E-state index in [9.17, 15) is 9.59 Å². The summed E-state index contributed by atoms with van der Waals surface area (Å²) in [4.78, 5) is 22.1. The molecule has 0 aromatic heterocycles. The van der Waals surface area contributed by atoms with Crippen LogP contribution < -0.4 is 5.32 Å². The van der Waals surface area contributed by atoms with Crippen molar-refractivity contribution in [3.63, 3.8) is 0 Å². The molecular formula is C9H17NO3S. The number of carbonyl (C=O) groups excluding carboxylic acids is 2. The average molecular weight is 219 g/mol. The molecule has 0 aliphatic rings. The van der Waals surface area contributed by atoms with Crippen LogP contribution in [0.3, 0.4) is 0 Å². The Kier molecular flexibility index (Phi) is 6.36. The van der Waals surface area contributed by atoms with Crippen LogP contribution in [0.1, 0.15) is 27.2 Å². The van der Waals surface area contributed by atoms with Crippen molar-refractivity contribution in [3.8, 4) is 0 Å². The maximum Gasteiger partial charge on any atom is 0.329 e. The molecule has 0 rings (SSSR count). The summed E-state index contributed by atoms with van der Waals surface area (Å²) in [7, 11) is 0. The van der Waals surface area contributed by atoms with Gasteiger partial charge < -0.3 is 10.1 Å². The Morgan fingerprint density at radius 2 is 2.07 bits per heavy atom. The first-order valence-electron chi connectivity index (χ1n) is 4.59. The number of nitrogens with one attached hydrogen (secondary N) is 1. The summed E-state index contributed by atoms with van der Waals surface area (Å²) >= 11 is 3.97. The fourth-order valence-corrected chi connectivity index (χ4v) is 1.03. The fraction of sp³-hybridized carbons (Fsp3) is 0.778. The van der Waals surface area contributed by atoms with E-state index in [4.69, 9.17) is 4.74 Å². The van der Waals surface area contributed by atoms with Crippen LogP contribution in [0.5, 0.6) is 0 Å². The number of rotatable bonds is 5. The highest BCUT2D eigenvalue weighted by Crippen LogP contribution is 2.00. The van der Waals surface area contributed by atoms with Gasteiger partial charge in [-0.1, -0.05) is 6.92 Å². The van der Waals surface area contributed by atoms with Gasteiger partial charge in [0, 0.05) is 12.7 Å². The van der Waals surface area contributed by atoms with E-state index in [0.29, 0.717) is 0 Å². The molecule has 82 valence electrons. The molecule has 5 heteroatoms. The van der Waals surface area contributed by atoms with E-state index in [-0.39, 0.29) is 17.8 Å². The number of hydrogen-bond donors (Lipinski definition) is 2. The van der Waals surface area contributed by atoms with Crippen LogP contribution in [0, 0.1) is 0 Å². The highest BCUT2D eigenvalue weighted by Gasteiger charge is 2.20. The first-order chi connectivity index (χ1) is 6.51. The first-order valence-corrected chi connectivity index (χ1v) is 5.23. The molecule has 1 amide bonds. The van der Waals surface area contributed by atoms with Gasteiger partial charge in [0.25, 0.3) is 0 Å². The number of carbonyl (C=O) groups is 2.